The average molecular weight is 328 g/mol. The molecule has 2 aromatic heterocycles. The molecule has 0 radical (unpaired) electrons. The molecule has 0 bridgehead atoms. The van der Waals surface area contributed by atoms with E-state index in [-0.39, 0.29) is 11.9 Å². The van der Waals surface area contributed by atoms with Crippen molar-refractivity contribution in [3.63, 3.8) is 0 Å². The number of aliphatic imine (C=N–C) groups is 2. The quantitative estimate of drug-likeness (QED) is 0.491. The van der Waals surface area contributed by atoms with Crippen LogP contribution in [0.2, 0.25) is 5.02 Å². The predicted molar refractivity (Wildman–Crippen MR) is 92.7 cm³/mol. The first kappa shape index (κ1) is 14.9. The number of hydrogen-bond acceptors (Lipinski definition) is 2. The van der Waals surface area contributed by atoms with Crippen LogP contribution in [0, 0.1) is 0 Å². The smallest absolute Gasteiger partial charge is 0.223 e. The molecular weight excluding hydrogens is 314 g/mol. The zero-order valence-corrected chi connectivity index (χ0v) is 12.8. The molecule has 2 heterocycles. The predicted octanol–water partition coefficient (Wildman–Crippen LogP) is 1.87. The maximum absolute atomic E-state index is 5.98. The van der Waals surface area contributed by atoms with Crippen molar-refractivity contribution in [3.05, 3.63) is 53.8 Å². The normalized spacial score (nSPS) is 11.6. The number of benzene rings is 1. The summed E-state index contributed by atoms with van der Waals surface area (Å²) in [6, 6.07) is 11.1. The van der Waals surface area contributed by atoms with Gasteiger partial charge in [0.15, 0.2) is 5.96 Å². The summed E-state index contributed by atoms with van der Waals surface area (Å²) in [7, 11) is 0. The van der Waals surface area contributed by atoms with Crippen LogP contribution >= 0.6 is 11.6 Å². The standard InChI is InChI=1S/C15H14ClN7/c16-10-4-5-13-21-12(8-23(13)7-10)9-2-1-3-11(6-9)20-15(19)22-14(17)18/h1-8H,(H6,17,18,19,20,22). The highest BCUT2D eigenvalue weighted by Crippen LogP contribution is 2.24. The zero-order chi connectivity index (χ0) is 16.4. The number of pyridine rings is 1. The van der Waals surface area contributed by atoms with Gasteiger partial charge in [-0.15, -0.1) is 0 Å². The summed E-state index contributed by atoms with van der Waals surface area (Å²) >= 11 is 5.98. The Balaban J connectivity index is 1.99. The van der Waals surface area contributed by atoms with Gasteiger partial charge in [0.2, 0.25) is 5.96 Å². The molecule has 0 fully saturated rings. The van der Waals surface area contributed by atoms with Crippen LogP contribution in [0.4, 0.5) is 5.69 Å². The number of imidazole rings is 1. The van der Waals surface area contributed by atoms with Crippen molar-refractivity contribution in [2.45, 2.75) is 0 Å². The third-order valence-corrected chi connectivity index (χ3v) is 3.27. The lowest BCUT2D eigenvalue weighted by Crippen LogP contribution is -2.26. The maximum Gasteiger partial charge on any atom is 0.223 e. The molecule has 0 saturated heterocycles. The Kier molecular flexibility index (Phi) is 3.86. The van der Waals surface area contributed by atoms with Crippen LogP contribution in [0.3, 0.4) is 0 Å². The van der Waals surface area contributed by atoms with Gasteiger partial charge in [-0.05, 0) is 24.3 Å². The molecule has 116 valence electrons. The highest BCUT2D eigenvalue weighted by molar-refractivity contribution is 6.30. The zero-order valence-electron chi connectivity index (χ0n) is 12.0. The van der Waals surface area contributed by atoms with E-state index in [0.717, 1.165) is 16.9 Å². The third kappa shape index (κ3) is 3.41. The molecule has 3 rings (SSSR count). The molecule has 3 aromatic rings. The van der Waals surface area contributed by atoms with Gasteiger partial charge in [-0.3, -0.25) is 0 Å². The Morgan fingerprint density at radius 1 is 1.09 bits per heavy atom. The summed E-state index contributed by atoms with van der Waals surface area (Å²) in [5, 5.41) is 0.643. The van der Waals surface area contributed by atoms with Gasteiger partial charge in [-0.1, -0.05) is 23.7 Å². The minimum Gasteiger partial charge on any atom is -0.370 e. The highest BCUT2D eigenvalue weighted by atomic mass is 35.5. The summed E-state index contributed by atoms with van der Waals surface area (Å²) in [6.07, 6.45) is 3.69. The van der Waals surface area contributed by atoms with Crippen LogP contribution in [0.1, 0.15) is 0 Å². The van der Waals surface area contributed by atoms with Crippen molar-refractivity contribution in [1.82, 2.24) is 9.38 Å². The van der Waals surface area contributed by atoms with Gasteiger partial charge in [0.25, 0.3) is 0 Å². The third-order valence-electron chi connectivity index (χ3n) is 3.04. The van der Waals surface area contributed by atoms with E-state index in [0.29, 0.717) is 10.7 Å². The first-order valence-corrected chi connectivity index (χ1v) is 7.07. The number of guanidine groups is 2. The summed E-state index contributed by atoms with van der Waals surface area (Å²) < 4.78 is 1.86. The maximum atomic E-state index is 5.98. The average Bonchev–Trinajstić information content (AvgIpc) is 2.89. The van der Waals surface area contributed by atoms with Crippen LogP contribution in [0.5, 0.6) is 0 Å². The summed E-state index contributed by atoms with van der Waals surface area (Å²) in [5.41, 5.74) is 19.3. The summed E-state index contributed by atoms with van der Waals surface area (Å²) in [5.74, 6) is -0.149. The van der Waals surface area contributed by atoms with E-state index in [4.69, 9.17) is 28.8 Å². The van der Waals surface area contributed by atoms with Crippen LogP contribution in [0.25, 0.3) is 16.9 Å². The van der Waals surface area contributed by atoms with Crippen LogP contribution < -0.4 is 17.2 Å². The molecule has 0 aliphatic rings. The van der Waals surface area contributed by atoms with Crippen LogP contribution in [-0.2, 0) is 0 Å². The number of hydrogen-bond donors (Lipinski definition) is 3. The molecule has 0 spiro atoms. The first-order valence-electron chi connectivity index (χ1n) is 6.70. The molecule has 6 N–H and O–H groups in total. The lowest BCUT2D eigenvalue weighted by molar-refractivity contribution is 1.19. The second-order valence-electron chi connectivity index (χ2n) is 4.80. The fourth-order valence-electron chi connectivity index (χ4n) is 2.13. The van der Waals surface area contributed by atoms with Gasteiger partial charge in [0.1, 0.15) is 5.65 Å². The fourth-order valence-corrected chi connectivity index (χ4v) is 2.30. The molecule has 0 aliphatic carbocycles. The SMILES string of the molecule is NC(N)=NC(N)=Nc1cccc(-c2cn3cc(Cl)ccc3n2)c1. The molecule has 1 aromatic carbocycles. The molecule has 0 amide bonds. The van der Waals surface area contributed by atoms with Crippen molar-refractivity contribution in [2.75, 3.05) is 0 Å². The second kappa shape index (κ2) is 5.98. The molecule has 7 nitrogen and oxygen atoms in total. The van der Waals surface area contributed by atoms with Crippen LogP contribution in [0.15, 0.2) is 58.8 Å². The Labute approximate surface area is 137 Å². The van der Waals surface area contributed by atoms with Crippen molar-refractivity contribution in [1.29, 1.82) is 0 Å². The number of aromatic nitrogens is 2. The van der Waals surface area contributed by atoms with Gasteiger partial charge >= 0.3 is 0 Å². The van der Waals surface area contributed by atoms with E-state index in [2.05, 4.69) is 15.0 Å². The monoisotopic (exact) mass is 327 g/mol. The molecule has 0 saturated carbocycles. The fraction of sp³-hybridized carbons (Fsp3) is 0. The van der Waals surface area contributed by atoms with Gasteiger partial charge in [0, 0.05) is 18.0 Å². The van der Waals surface area contributed by atoms with E-state index in [1.165, 1.54) is 0 Å². The summed E-state index contributed by atoms with van der Waals surface area (Å²) in [6.45, 7) is 0. The Morgan fingerprint density at radius 3 is 2.70 bits per heavy atom. The number of halogens is 1. The van der Waals surface area contributed by atoms with Crippen molar-refractivity contribution in [2.24, 2.45) is 27.2 Å². The number of nitrogens with zero attached hydrogens (tertiary/aromatic N) is 4. The minimum atomic E-state index is -0.139. The van der Waals surface area contributed by atoms with Gasteiger partial charge in [-0.2, -0.15) is 4.99 Å². The largest absolute Gasteiger partial charge is 0.370 e. The van der Waals surface area contributed by atoms with Gasteiger partial charge in [-0.25, -0.2) is 9.98 Å². The molecule has 8 heteroatoms. The lowest BCUT2D eigenvalue weighted by atomic mass is 10.1. The number of nitrogens with two attached hydrogens (primary N) is 3. The molecule has 0 atom stereocenters. The topological polar surface area (TPSA) is 120 Å². The van der Waals surface area contributed by atoms with Crippen molar-refractivity contribution >= 4 is 34.9 Å². The van der Waals surface area contributed by atoms with Gasteiger partial charge in [0.05, 0.1) is 16.4 Å². The molecular formula is C15H14ClN7. The number of fused-ring (bicyclic) bond motifs is 1. The molecule has 0 aliphatic heterocycles. The number of rotatable bonds is 2. The Hall–Kier alpha value is -3.06. The lowest BCUT2D eigenvalue weighted by Gasteiger charge is -1.99. The highest BCUT2D eigenvalue weighted by Gasteiger charge is 2.05. The summed E-state index contributed by atoms with van der Waals surface area (Å²) in [4.78, 5) is 12.4. The van der Waals surface area contributed by atoms with Crippen LogP contribution in [-0.4, -0.2) is 21.3 Å². The minimum absolute atomic E-state index is 0.0102. The van der Waals surface area contributed by atoms with E-state index in [1.54, 1.807) is 18.3 Å². The molecule has 0 unspecified atom stereocenters. The van der Waals surface area contributed by atoms with Crippen molar-refractivity contribution in [3.8, 4) is 11.3 Å². The second-order valence-corrected chi connectivity index (χ2v) is 5.23. The van der Waals surface area contributed by atoms with E-state index in [9.17, 15) is 0 Å². The van der Waals surface area contributed by atoms with Gasteiger partial charge < -0.3 is 21.6 Å². The van der Waals surface area contributed by atoms with E-state index in [1.807, 2.05) is 34.9 Å². The van der Waals surface area contributed by atoms with E-state index >= 15 is 0 Å². The van der Waals surface area contributed by atoms with Crippen molar-refractivity contribution < 1.29 is 0 Å². The Morgan fingerprint density at radius 2 is 1.91 bits per heavy atom. The first-order chi connectivity index (χ1) is 11.0. The Bertz CT molecular complexity index is 922. The molecule has 23 heavy (non-hydrogen) atoms. The van der Waals surface area contributed by atoms with E-state index < -0.39 is 0 Å².